The summed E-state index contributed by atoms with van der Waals surface area (Å²) >= 11 is 0. The standard InChI is InChI=1S/C22H25N3O3/c1-13-10-17(28-9-7-16-4-3-8-23-16)11-14(2)20(13)21-24-18-6-5-15(22(26)27)12-19(18)25-21/h5-6,10-12,16,23H,3-4,7-9H2,1-2H3,(H,24,25)(H,26,27). The third-order valence-electron chi connectivity index (χ3n) is 5.37. The molecule has 0 bridgehead atoms. The number of aryl methyl sites for hydroxylation is 2. The van der Waals surface area contributed by atoms with Gasteiger partial charge in [-0.25, -0.2) is 9.78 Å². The summed E-state index contributed by atoms with van der Waals surface area (Å²) in [5.41, 5.74) is 4.90. The predicted molar refractivity (Wildman–Crippen MR) is 109 cm³/mol. The lowest BCUT2D eigenvalue weighted by Gasteiger charge is -2.14. The zero-order valence-electron chi connectivity index (χ0n) is 16.2. The quantitative estimate of drug-likeness (QED) is 0.601. The number of carboxylic acids is 1. The number of fused-ring (bicyclic) bond motifs is 1. The van der Waals surface area contributed by atoms with E-state index >= 15 is 0 Å². The minimum Gasteiger partial charge on any atom is -0.494 e. The smallest absolute Gasteiger partial charge is 0.335 e. The molecule has 28 heavy (non-hydrogen) atoms. The molecule has 1 aliphatic rings. The lowest BCUT2D eigenvalue weighted by atomic mass is 10.0. The van der Waals surface area contributed by atoms with Crippen molar-refractivity contribution in [3.63, 3.8) is 0 Å². The molecule has 0 spiro atoms. The number of H-pyrrole nitrogens is 1. The Morgan fingerprint density at radius 3 is 2.71 bits per heavy atom. The fraction of sp³-hybridized carbons (Fsp3) is 0.364. The van der Waals surface area contributed by atoms with Gasteiger partial charge in [-0.15, -0.1) is 0 Å². The Morgan fingerprint density at radius 1 is 1.25 bits per heavy atom. The van der Waals surface area contributed by atoms with Crippen LogP contribution < -0.4 is 10.1 Å². The van der Waals surface area contributed by atoms with Crippen molar-refractivity contribution in [2.24, 2.45) is 0 Å². The van der Waals surface area contributed by atoms with Crippen LogP contribution >= 0.6 is 0 Å². The van der Waals surface area contributed by atoms with E-state index in [0.29, 0.717) is 12.6 Å². The van der Waals surface area contributed by atoms with Crippen molar-refractivity contribution in [3.8, 4) is 17.1 Å². The van der Waals surface area contributed by atoms with Gasteiger partial charge in [0, 0.05) is 11.6 Å². The number of benzene rings is 2. The van der Waals surface area contributed by atoms with Crippen LogP contribution in [0.1, 0.15) is 40.7 Å². The van der Waals surface area contributed by atoms with Gasteiger partial charge in [0.2, 0.25) is 0 Å². The summed E-state index contributed by atoms with van der Waals surface area (Å²) in [6.07, 6.45) is 3.51. The van der Waals surface area contributed by atoms with Crippen LogP contribution in [0.15, 0.2) is 30.3 Å². The van der Waals surface area contributed by atoms with Crippen LogP contribution in [0.5, 0.6) is 5.75 Å². The van der Waals surface area contributed by atoms with E-state index in [-0.39, 0.29) is 5.56 Å². The summed E-state index contributed by atoms with van der Waals surface area (Å²) < 4.78 is 5.99. The third-order valence-corrected chi connectivity index (χ3v) is 5.37. The number of hydrogen-bond acceptors (Lipinski definition) is 4. The molecule has 6 nitrogen and oxygen atoms in total. The van der Waals surface area contributed by atoms with E-state index in [1.165, 1.54) is 12.8 Å². The molecule has 1 saturated heterocycles. The average molecular weight is 379 g/mol. The van der Waals surface area contributed by atoms with Crippen LogP contribution in [0.25, 0.3) is 22.4 Å². The summed E-state index contributed by atoms with van der Waals surface area (Å²) in [7, 11) is 0. The van der Waals surface area contributed by atoms with Crippen LogP contribution in [0, 0.1) is 13.8 Å². The molecular formula is C22H25N3O3. The summed E-state index contributed by atoms with van der Waals surface area (Å²) in [6.45, 7) is 5.91. The van der Waals surface area contributed by atoms with Gasteiger partial charge in [0.25, 0.3) is 0 Å². The molecule has 0 amide bonds. The SMILES string of the molecule is Cc1cc(OCCC2CCCN2)cc(C)c1-c1nc2ccc(C(=O)O)cc2[nH]1. The summed E-state index contributed by atoms with van der Waals surface area (Å²) in [5.74, 6) is 0.676. The Morgan fingerprint density at radius 2 is 2.04 bits per heavy atom. The lowest BCUT2D eigenvalue weighted by molar-refractivity contribution is 0.0697. The molecule has 3 N–H and O–H groups in total. The molecular weight excluding hydrogens is 354 g/mol. The van der Waals surface area contributed by atoms with Crippen molar-refractivity contribution in [2.45, 2.75) is 39.2 Å². The van der Waals surface area contributed by atoms with Gasteiger partial charge >= 0.3 is 5.97 Å². The second-order valence-corrected chi connectivity index (χ2v) is 7.48. The van der Waals surface area contributed by atoms with E-state index in [4.69, 9.17) is 4.74 Å². The number of aromatic carboxylic acids is 1. The van der Waals surface area contributed by atoms with Crippen molar-refractivity contribution in [1.82, 2.24) is 15.3 Å². The maximum Gasteiger partial charge on any atom is 0.335 e. The van der Waals surface area contributed by atoms with Crippen LogP contribution in [0.3, 0.4) is 0 Å². The van der Waals surface area contributed by atoms with Gasteiger partial charge in [0.15, 0.2) is 0 Å². The molecule has 4 rings (SSSR count). The number of imidazole rings is 1. The first-order valence-electron chi connectivity index (χ1n) is 9.72. The van der Waals surface area contributed by atoms with Crippen molar-refractivity contribution in [3.05, 3.63) is 47.0 Å². The Kier molecular flexibility index (Phi) is 5.05. The zero-order chi connectivity index (χ0) is 19.7. The number of carboxylic acid groups (broad SMARTS) is 1. The molecule has 2 aromatic carbocycles. The fourth-order valence-corrected chi connectivity index (χ4v) is 3.96. The number of aromatic amines is 1. The van der Waals surface area contributed by atoms with Crippen LogP contribution in [0.4, 0.5) is 0 Å². The zero-order valence-corrected chi connectivity index (χ0v) is 16.2. The van der Waals surface area contributed by atoms with E-state index in [9.17, 15) is 9.90 Å². The molecule has 1 unspecified atom stereocenters. The number of hydrogen-bond donors (Lipinski definition) is 3. The highest BCUT2D eigenvalue weighted by atomic mass is 16.5. The monoisotopic (exact) mass is 379 g/mol. The minimum atomic E-state index is -0.945. The second-order valence-electron chi connectivity index (χ2n) is 7.48. The Bertz CT molecular complexity index is 996. The van der Waals surface area contributed by atoms with E-state index in [1.807, 2.05) is 26.0 Å². The normalized spacial score (nSPS) is 16.6. The number of rotatable bonds is 6. The van der Waals surface area contributed by atoms with E-state index in [1.54, 1.807) is 18.2 Å². The molecule has 1 fully saturated rings. The molecule has 2 heterocycles. The molecule has 0 saturated carbocycles. The Labute approximate surface area is 163 Å². The molecule has 6 heteroatoms. The van der Waals surface area contributed by atoms with Crippen LogP contribution in [-0.2, 0) is 0 Å². The van der Waals surface area contributed by atoms with Gasteiger partial charge in [-0.1, -0.05) is 0 Å². The molecule has 1 aromatic heterocycles. The van der Waals surface area contributed by atoms with Crippen LogP contribution in [0.2, 0.25) is 0 Å². The highest BCUT2D eigenvalue weighted by molar-refractivity contribution is 5.93. The predicted octanol–water partition coefficient (Wildman–Crippen LogP) is 4.07. The van der Waals surface area contributed by atoms with E-state index in [2.05, 4.69) is 15.3 Å². The molecule has 1 aliphatic heterocycles. The minimum absolute atomic E-state index is 0.247. The molecule has 146 valence electrons. The van der Waals surface area contributed by atoms with E-state index in [0.717, 1.165) is 52.3 Å². The third kappa shape index (κ3) is 3.73. The molecule has 3 aromatic rings. The Hall–Kier alpha value is -2.86. The fourth-order valence-electron chi connectivity index (χ4n) is 3.96. The average Bonchev–Trinajstić information content (AvgIpc) is 3.29. The van der Waals surface area contributed by atoms with Gasteiger partial charge in [-0.05, 0) is 81.1 Å². The first-order chi connectivity index (χ1) is 13.5. The number of nitrogens with zero attached hydrogens (tertiary/aromatic N) is 1. The van der Waals surface area contributed by atoms with Crippen LogP contribution in [-0.4, -0.2) is 40.2 Å². The maximum atomic E-state index is 11.2. The highest BCUT2D eigenvalue weighted by Crippen LogP contribution is 2.31. The van der Waals surface area contributed by atoms with Crippen molar-refractivity contribution in [2.75, 3.05) is 13.2 Å². The number of ether oxygens (including phenoxy) is 1. The number of aromatic nitrogens is 2. The van der Waals surface area contributed by atoms with Gasteiger partial charge < -0.3 is 20.1 Å². The Balaban J connectivity index is 1.55. The largest absolute Gasteiger partial charge is 0.494 e. The highest BCUT2D eigenvalue weighted by Gasteiger charge is 2.16. The summed E-state index contributed by atoms with van der Waals surface area (Å²) in [5, 5.41) is 12.7. The second kappa shape index (κ2) is 7.64. The van der Waals surface area contributed by atoms with Crippen molar-refractivity contribution in [1.29, 1.82) is 0 Å². The van der Waals surface area contributed by atoms with Gasteiger partial charge in [-0.2, -0.15) is 0 Å². The summed E-state index contributed by atoms with van der Waals surface area (Å²) in [6, 6.07) is 9.59. The topological polar surface area (TPSA) is 87.2 Å². The van der Waals surface area contributed by atoms with Gasteiger partial charge in [0.05, 0.1) is 23.2 Å². The van der Waals surface area contributed by atoms with Gasteiger partial charge in [0.1, 0.15) is 11.6 Å². The lowest BCUT2D eigenvalue weighted by Crippen LogP contribution is -2.23. The molecule has 0 radical (unpaired) electrons. The molecule has 0 aliphatic carbocycles. The number of nitrogens with one attached hydrogen (secondary N) is 2. The van der Waals surface area contributed by atoms with Crippen molar-refractivity contribution >= 4 is 17.0 Å². The first kappa shape index (κ1) is 18.5. The van der Waals surface area contributed by atoms with Gasteiger partial charge in [-0.3, -0.25) is 0 Å². The van der Waals surface area contributed by atoms with Crippen molar-refractivity contribution < 1.29 is 14.6 Å². The first-order valence-corrected chi connectivity index (χ1v) is 9.72. The van der Waals surface area contributed by atoms with E-state index < -0.39 is 5.97 Å². The maximum absolute atomic E-state index is 11.2. The summed E-state index contributed by atoms with van der Waals surface area (Å²) in [4.78, 5) is 19.1. The number of carbonyl (C=O) groups is 1. The molecule has 1 atom stereocenters.